The highest BCUT2D eigenvalue weighted by Crippen LogP contribution is 2.22. The number of rotatable bonds is 2. The van der Waals surface area contributed by atoms with Crippen molar-refractivity contribution in [3.05, 3.63) is 41.0 Å². The fraction of sp³-hybridized carbons (Fsp3) is 0.182. The van der Waals surface area contributed by atoms with E-state index in [0.717, 1.165) is 17.3 Å². The van der Waals surface area contributed by atoms with E-state index in [1.807, 2.05) is 32.2 Å². The van der Waals surface area contributed by atoms with E-state index in [9.17, 15) is 0 Å². The van der Waals surface area contributed by atoms with Crippen LogP contribution in [0.4, 0.5) is 0 Å². The monoisotopic (exact) mass is 258 g/mol. The second-order valence-electron chi connectivity index (χ2n) is 3.30. The lowest BCUT2D eigenvalue weighted by Crippen LogP contribution is -1.94. The average molecular weight is 259 g/mol. The molecule has 0 aliphatic carbocycles. The zero-order valence-corrected chi connectivity index (χ0v) is 10.5. The highest BCUT2D eigenvalue weighted by atomic mass is 35.5. The second-order valence-corrected chi connectivity index (χ2v) is 3.74. The van der Waals surface area contributed by atoms with Gasteiger partial charge in [0.1, 0.15) is 5.75 Å². The molecule has 0 aliphatic rings. The van der Waals surface area contributed by atoms with Crippen molar-refractivity contribution in [2.24, 2.45) is 7.05 Å². The maximum absolute atomic E-state index is 5.78. The number of benzene rings is 1. The number of nitrogens with zero attached hydrogens (tertiary/aromatic N) is 2. The summed E-state index contributed by atoms with van der Waals surface area (Å²) >= 11 is 5.78. The van der Waals surface area contributed by atoms with Gasteiger partial charge < -0.3 is 4.74 Å². The van der Waals surface area contributed by atoms with Crippen molar-refractivity contribution in [1.82, 2.24) is 9.78 Å². The molecule has 0 saturated carbocycles. The highest BCUT2D eigenvalue weighted by Gasteiger charge is 2.03. The van der Waals surface area contributed by atoms with Gasteiger partial charge in [-0.25, -0.2) is 4.68 Å². The first-order valence-electron chi connectivity index (χ1n) is 4.59. The van der Waals surface area contributed by atoms with E-state index in [4.69, 9.17) is 16.3 Å². The molecule has 0 aliphatic heterocycles. The van der Waals surface area contributed by atoms with Crippen LogP contribution in [0.1, 0.15) is 5.69 Å². The predicted molar refractivity (Wildman–Crippen MR) is 66.7 cm³/mol. The fourth-order valence-electron chi connectivity index (χ4n) is 1.31. The smallest absolute Gasteiger partial charge is 0.217 e. The summed E-state index contributed by atoms with van der Waals surface area (Å²) in [6.07, 6.45) is 0. The summed E-state index contributed by atoms with van der Waals surface area (Å²) in [5.74, 6) is 1.47. The van der Waals surface area contributed by atoms with Crippen LogP contribution in [0.5, 0.6) is 11.6 Å². The van der Waals surface area contributed by atoms with E-state index in [2.05, 4.69) is 5.10 Å². The molecular formula is C11H12Cl2N2O. The van der Waals surface area contributed by atoms with Gasteiger partial charge in [0.05, 0.1) is 5.69 Å². The Morgan fingerprint density at radius 3 is 2.38 bits per heavy atom. The van der Waals surface area contributed by atoms with Crippen LogP contribution in [0.3, 0.4) is 0 Å². The van der Waals surface area contributed by atoms with Gasteiger partial charge in [-0.3, -0.25) is 0 Å². The Hall–Kier alpha value is -1.19. The van der Waals surface area contributed by atoms with E-state index >= 15 is 0 Å². The number of hydrogen-bond donors (Lipinski definition) is 0. The van der Waals surface area contributed by atoms with E-state index in [0.29, 0.717) is 5.02 Å². The van der Waals surface area contributed by atoms with Gasteiger partial charge in [0, 0.05) is 18.1 Å². The Morgan fingerprint density at radius 1 is 1.25 bits per heavy atom. The molecule has 2 rings (SSSR count). The van der Waals surface area contributed by atoms with Crippen molar-refractivity contribution in [3.8, 4) is 11.6 Å². The molecule has 0 saturated heterocycles. The van der Waals surface area contributed by atoms with Crippen LogP contribution >= 0.6 is 24.0 Å². The minimum Gasteiger partial charge on any atom is -0.439 e. The molecule has 1 aromatic carbocycles. The zero-order valence-electron chi connectivity index (χ0n) is 8.98. The molecule has 0 N–H and O–H groups in total. The molecule has 0 radical (unpaired) electrons. The molecule has 0 atom stereocenters. The second kappa shape index (κ2) is 5.23. The van der Waals surface area contributed by atoms with Crippen molar-refractivity contribution in [2.45, 2.75) is 6.92 Å². The van der Waals surface area contributed by atoms with Crippen molar-refractivity contribution in [1.29, 1.82) is 0 Å². The normalized spacial score (nSPS) is 9.69. The lowest BCUT2D eigenvalue weighted by atomic mass is 10.3. The van der Waals surface area contributed by atoms with Gasteiger partial charge >= 0.3 is 0 Å². The van der Waals surface area contributed by atoms with Crippen LogP contribution in [0, 0.1) is 6.92 Å². The molecule has 2 aromatic rings. The molecule has 0 fully saturated rings. The Bertz CT molecular complexity index is 465. The van der Waals surface area contributed by atoms with Gasteiger partial charge in [-0.1, -0.05) is 11.6 Å². The number of hydrogen-bond acceptors (Lipinski definition) is 2. The summed E-state index contributed by atoms with van der Waals surface area (Å²) < 4.78 is 7.33. The summed E-state index contributed by atoms with van der Waals surface area (Å²) in [6, 6.07) is 9.12. The first-order chi connectivity index (χ1) is 7.15. The van der Waals surface area contributed by atoms with Gasteiger partial charge in [0.15, 0.2) is 0 Å². The van der Waals surface area contributed by atoms with Crippen molar-refractivity contribution in [3.63, 3.8) is 0 Å². The Kier molecular flexibility index (Phi) is 4.21. The quantitative estimate of drug-likeness (QED) is 0.823. The Balaban J connectivity index is 0.00000128. The van der Waals surface area contributed by atoms with E-state index in [1.165, 1.54) is 0 Å². The Morgan fingerprint density at radius 2 is 1.88 bits per heavy atom. The predicted octanol–water partition coefficient (Wildman–Crippen LogP) is 3.60. The van der Waals surface area contributed by atoms with Crippen molar-refractivity contribution < 1.29 is 4.74 Å². The van der Waals surface area contributed by atoms with Crippen LogP contribution in [0.2, 0.25) is 5.02 Å². The van der Waals surface area contributed by atoms with Crippen molar-refractivity contribution >= 4 is 24.0 Å². The van der Waals surface area contributed by atoms with Gasteiger partial charge in [0.25, 0.3) is 0 Å². The Labute approximate surface area is 105 Å². The van der Waals surface area contributed by atoms with Crippen LogP contribution < -0.4 is 4.74 Å². The molecule has 3 nitrogen and oxygen atoms in total. The topological polar surface area (TPSA) is 27.1 Å². The molecule has 16 heavy (non-hydrogen) atoms. The molecule has 0 unspecified atom stereocenters. The third-order valence-electron chi connectivity index (χ3n) is 2.00. The fourth-order valence-corrected chi connectivity index (χ4v) is 1.43. The first kappa shape index (κ1) is 12.9. The standard InChI is InChI=1S/C11H11ClN2O.ClH/c1-8-7-11(14(2)13-8)15-10-5-3-9(12)4-6-10;/h3-7H,1-2H3;1H. The number of aromatic nitrogens is 2. The van der Waals surface area contributed by atoms with Crippen molar-refractivity contribution in [2.75, 3.05) is 0 Å². The number of ether oxygens (including phenoxy) is 1. The molecule has 1 aromatic heterocycles. The molecule has 86 valence electrons. The molecule has 0 bridgehead atoms. The first-order valence-corrected chi connectivity index (χ1v) is 4.97. The third-order valence-corrected chi connectivity index (χ3v) is 2.25. The lowest BCUT2D eigenvalue weighted by Gasteiger charge is -2.04. The van der Waals surface area contributed by atoms with Gasteiger partial charge in [-0.05, 0) is 31.2 Å². The maximum atomic E-state index is 5.78. The summed E-state index contributed by atoms with van der Waals surface area (Å²) in [6.45, 7) is 1.93. The van der Waals surface area contributed by atoms with Gasteiger partial charge in [-0.2, -0.15) is 5.10 Å². The lowest BCUT2D eigenvalue weighted by molar-refractivity contribution is 0.430. The minimum absolute atomic E-state index is 0. The zero-order chi connectivity index (χ0) is 10.8. The van der Waals surface area contributed by atoms with Gasteiger partial charge in [0.2, 0.25) is 5.88 Å². The average Bonchev–Trinajstić information content (AvgIpc) is 2.49. The summed E-state index contributed by atoms with van der Waals surface area (Å²) in [7, 11) is 1.85. The third kappa shape index (κ3) is 2.90. The summed E-state index contributed by atoms with van der Waals surface area (Å²) in [5, 5.41) is 4.89. The number of halogens is 2. The molecule has 5 heteroatoms. The van der Waals surface area contributed by atoms with Crippen LogP contribution in [-0.4, -0.2) is 9.78 Å². The van der Waals surface area contributed by atoms with E-state index < -0.39 is 0 Å². The minimum atomic E-state index is 0. The molecule has 0 amide bonds. The SMILES string of the molecule is Cc1cc(Oc2ccc(Cl)cc2)n(C)n1.Cl. The molecular weight excluding hydrogens is 247 g/mol. The molecule has 0 spiro atoms. The van der Waals surface area contributed by atoms with Crippen LogP contribution in [0.15, 0.2) is 30.3 Å². The highest BCUT2D eigenvalue weighted by molar-refractivity contribution is 6.30. The number of aryl methyl sites for hydroxylation is 2. The van der Waals surface area contributed by atoms with E-state index in [1.54, 1.807) is 16.8 Å². The summed E-state index contributed by atoms with van der Waals surface area (Å²) in [4.78, 5) is 0. The molecule has 1 heterocycles. The van der Waals surface area contributed by atoms with Crippen LogP contribution in [-0.2, 0) is 7.05 Å². The van der Waals surface area contributed by atoms with E-state index in [-0.39, 0.29) is 12.4 Å². The largest absolute Gasteiger partial charge is 0.439 e. The van der Waals surface area contributed by atoms with Crippen LogP contribution in [0.25, 0.3) is 0 Å². The summed E-state index contributed by atoms with van der Waals surface area (Å²) in [5.41, 5.74) is 0.932. The maximum Gasteiger partial charge on any atom is 0.217 e. The van der Waals surface area contributed by atoms with Gasteiger partial charge in [-0.15, -0.1) is 12.4 Å².